The van der Waals surface area contributed by atoms with Crippen molar-refractivity contribution < 1.29 is 34.2 Å². The molecule has 1 aromatic rings. The van der Waals surface area contributed by atoms with E-state index in [-0.39, 0.29) is 18.8 Å². The minimum atomic E-state index is -1.49. The first-order valence-corrected chi connectivity index (χ1v) is 12.2. The number of amides is 4. The summed E-state index contributed by atoms with van der Waals surface area (Å²) in [4.78, 5) is 61.0. The Kier molecular flexibility index (Phi) is 14.7. The average molecular weight is 550 g/mol. The summed E-state index contributed by atoms with van der Waals surface area (Å²) in [6, 6.07) is 3.89. The Morgan fingerprint density at radius 2 is 1.69 bits per heavy atom. The summed E-state index contributed by atoms with van der Waals surface area (Å²) in [5.74, 6) is -3.31. The second-order valence-corrected chi connectivity index (χ2v) is 8.71. The Morgan fingerprint density at radius 3 is 2.26 bits per heavy atom. The number of nitrogens with one attached hydrogen (secondary N) is 6. The second kappa shape index (κ2) is 17.4. The van der Waals surface area contributed by atoms with Gasteiger partial charge in [0, 0.05) is 13.0 Å². The maximum Gasteiger partial charge on any atom is 0.245 e. The first-order valence-electron chi connectivity index (χ1n) is 12.2. The molecule has 0 unspecified atom stereocenters. The monoisotopic (exact) mass is 549 g/mol. The summed E-state index contributed by atoms with van der Waals surface area (Å²) in [5.41, 5.74) is 11.9. The van der Waals surface area contributed by atoms with Crippen molar-refractivity contribution in [2.24, 2.45) is 11.5 Å². The molecule has 1 aromatic carbocycles. The number of aliphatic hydroxyl groups is 2. The number of guanidine groups is 1. The maximum absolute atomic E-state index is 13.2. The number of aliphatic hydroxyl groups excluding tert-OH is 2. The zero-order chi connectivity index (χ0) is 29.4. The van der Waals surface area contributed by atoms with Crippen molar-refractivity contribution in [2.45, 2.75) is 56.5 Å². The van der Waals surface area contributed by atoms with Gasteiger partial charge in [0.05, 0.1) is 25.3 Å². The number of carbonyl (C=O) groups is 4. The fourth-order valence-corrected chi connectivity index (χ4v) is 3.31. The maximum atomic E-state index is 13.2. The molecule has 4 amide bonds. The van der Waals surface area contributed by atoms with E-state index in [1.54, 1.807) is 30.3 Å². The van der Waals surface area contributed by atoms with Crippen LogP contribution in [0.2, 0.25) is 0 Å². The van der Waals surface area contributed by atoms with Crippen LogP contribution in [0.1, 0.15) is 25.3 Å². The molecule has 0 bridgehead atoms. The van der Waals surface area contributed by atoms with Crippen molar-refractivity contribution in [3.63, 3.8) is 0 Å². The van der Waals surface area contributed by atoms with Crippen LogP contribution in [0.3, 0.4) is 0 Å². The zero-order valence-electron chi connectivity index (χ0n) is 21.6. The van der Waals surface area contributed by atoms with Gasteiger partial charge in [-0.2, -0.15) is 0 Å². The van der Waals surface area contributed by atoms with E-state index in [0.717, 1.165) is 0 Å². The molecule has 0 aromatic heterocycles. The molecule has 0 saturated carbocycles. The Balaban J connectivity index is 2.89. The van der Waals surface area contributed by atoms with Crippen LogP contribution < -0.4 is 38.1 Å². The third kappa shape index (κ3) is 12.8. The van der Waals surface area contributed by atoms with Crippen molar-refractivity contribution >= 4 is 35.9 Å². The standard InChI is InChI=1S/C24H37N8O7/c1-14(35)20(23(39)29-11-19(36)30-16(12-33)13-34)32-22(38)18(10-15-6-3-2-4-7-15)31-21(37)17(25)8-5-9-28-24(26)27/h2-4,6-7,14,16-18,20,33,35H,5,8-12,25H2,1H3,(H,29,39)(H,30,36)(H,31,37)(H,32,38)(H4,26,27,28)/t14-,16-,17-,18-,20-/m0/s1. The Morgan fingerprint density at radius 1 is 1.03 bits per heavy atom. The smallest absolute Gasteiger partial charge is 0.245 e. The topological polar surface area (TPSA) is 262 Å². The Labute approximate surface area is 226 Å². The number of carbonyl (C=O) groups excluding carboxylic acids is 5. The molecule has 0 aliphatic carbocycles. The van der Waals surface area contributed by atoms with E-state index in [1.807, 2.05) is 0 Å². The summed E-state index contributed by atoms with van der Waals surface area (Å²) >= 11 is 0. The molecular formula is C24H37N8O7. The van der Waals surface area contributed by atoms with Crippen molar-refractivity contribution in [3.8, 4) is 0 Å². The molecule has 39 heavy (non-hydrogen) atoms. The van der Waals surface area contributed by atoms with E-state index in [4.69, 9.17) is 22.0 Å². The van der Waals surface area contributed by atoms with Gasteiger partial charge in [-0.05, 0) is 25.3 Å². The predicted molar refractivity (Wildman–Crippen MR) is 141 cm³/mol. The minimum absolute atomic E-state index is 0.0539. The third-order valence-corrected chi connectivity index (χ3v) is 5.41. The summed E-state index contributed by atoms with van der Waals surface area (Å²) in [7, 11) is 0. The third-order valence-electron chi connectivity index (χ3n) is 5.41. The quantitative estimate of drug-likeness (QED) is 0.0509. The Hall–Kier alpha value is -4.08. The van der Waals surface area contributed by atoms with E-state index in [0.29, 0.717) is 18.5 Å². The van der Waals surface area contributed by atoms with Gasteiger partial charge in [-0.1, -0.05) is 30.3 Å². The summed E-state index contributed by atoms with van der Waals surface area (Å²) in [6.07, 6.45) is 0.762. The van der Waals surface area contributed by atoms with Gasteiger partial charge in [-0.15, -0.1) is 0 Å². The highest BCUT2D eigenvalue weighted by Gasteiger charge is 2.31. The summed E-state index contributed by atoms with van der Waals surface area (Å²) in [6.45, 7) is 0.307. The van der Waals surface area contributed by atoms with Crippen LogP contribution in [0.4, 0.5) is 0 Å². The van der Waals surface area contributed by atoms with Gasteiger partial charge < -0.3 is 48.3 Å². The van der Waals surface area contributed by atoms with Gasteiger partial charge in [0.2, 0.25) is 29.9 Å². The van der Waals surface area contributed by atoms with Gasteiger partial charge in [-0.25, -0.2) is 0 Å². The molecule has 5 atom stereocenters. The fourth-order valence-electron chi connectivity index (χ4n) is 3.31. The highest BCUT2D eigenvalue weighted by Crippen LogP contribution is 2.06. The molecule has 0 aliphatic heterocycles. The van der Waals surface area contributed by atoms with Crippen LogP contribution in [0.5, 0.6) is 0 Å². The van der Waals surface area contributed by atoms with Crippen LogP contribution in [0.15, 0.2) is 30.3 Å². The number of benzene rings is 1. The van der Waals surface area contributed by atoms with Crippen molar-refractivity contribution in [1.82, 2.24) is 26.6 Å². The van der Waals surface area contributed by atoms with Gasteiger partial charge in [0.25, 0.3) is 0 Å². The van der Waals surface area contributed by atoms with E-state index in [9.17, 15) is 29.1 Å². The van der Waals surface area contributed by atoms with Crippen LogP contribution in [0, 0.1) is 5.41 Å². The van der Waals surface area contributed by atoms with E-state index in [1.165, 1.54) is 13.2 Å². The SMILES string of the molecule is C[C@H](O)[C@H](NC(=O)[C@H](Cc1ccccc1)NC(=O)[C@@H](N)CCCNC(=N)N)C(=O)NCC(=O)N[C@H]([C]=O)CO. The lowest BCUT2D eigenvalue weighted by Gasteiger charge is -2.25. The summed E-state index contributed by atoms with van der Waals surface area (Å²) < 4.78 is 0. The van der Waals surface area contributed by atoms with Crippen LogP contribution in [-0.2, 0) is 30.4 Å². The lowest BCUT2D eigenvalue weighted by Crippen LogP contribution is -2.59. The fraction of sp³-hybridized carbons (Fsp3) is 0.500. The van der Waals surface area contributed by atoms with E-state index in [2.05, 4.69) is 26.6 Å². The minimum Gasteiger partial charge on any atom is -0.394 e. The second-order valence-electron chi connectivity index (χ2n) is 8.71. The van der Waals surface area contributed by atoms with E-state index >= 15 is 0 Å². The number of hydrogen-bond donors (Lipinski definition) is 10. The van der Waals surface area contributed by atoms with Gasteiger partial charge in [-0.3, -0.25) is 29.4 Å². The van der Waals surface area contributed by atoms with Crippen molar-refractivity contribution in [1.29, 1.82) is 5.41 Å². The lowest BCUT2D eigenvalue weighted by atomic mass is 10.0. The lowest BCUT2D eigenvalue weighted by molar-refractivity contribution is -0.134. The number of rotatable bonds is 17. The highest BCUT2D eigenvalue weighted by atomic mass is 16.3. The molecule has 1 radical (unpaired) electrons. The molecule has 0 fully saturated rings. The van der Waals surface area contributed by atoms with E-state index < -0.39 is 67.1 Å². The molecule has 1 rings (SSSR count). The molecule has 0 heterocycles. The molecule has 0 aliphatic rings. The first-order chi connectivity index (χ1) is 18.5. The molecule has 12 N–H and O–H groups in total. The van der Waals surface area contributed by atoms with Crippen molar-refractivity contribution in [2.75, 3.05) is 19.7 Å². The molecular weight excluding hydrogens is 512 g/mol. The molecule has 15 heteroatoms. The average Bonchev–Trinajstić information content (AvgIpc) is 2.90. The number of nitrogens with two attached hydrogens (primary N) is 2. The van der Waals surface area contributed by atoms with Gasteiger partial charge >= 0.3 is 0 Å². The van der Waals surface area contributed by atoms with Crippen molar-refractivity contribution in [3.05, 3.63) is 35.9 Å². The highest BCUT2D eigenvalue weighted by molar-refractivity contribution is 5.94. The number of hydrogen-bond acceptors (Lipinski definition) is 9. The van der Waals surface area contributed by atoms with Crippen LogP contribution >= 0.6 is 0 Å². The molecule has 0 saturated heterocycles. The summed E-state index contributed by atoms with van der Waals surface area (Å²) in [5, 5.41) is 38.1. The molecule has 15 nitrogen and oxygen atoms in total. The molecule has 215 valence electrons. The zero-order valence-corrected chi connectivity index (χ0v) is 21.6. The normalized spacial score (nSPS) is 14.5. The Bertz CT molecular complexity index is 976. The van der Waals surface area contributed by atoms with Crippen LogP contribution in [0.25, 0.3) is 0 Å². The largest absolute Gasteiger partial charge is 0.394 e. The first kappa shape index (κ1) is 32.9. The molecule has 0 spiro atoms. The predicted octanol–water partition coefficient (Wildman–Crippen LogP) is -4.13. The van der Waals surface area contributed by atoms with Gasteiger partial charge in [0.1, 0.15) is 18.1 Å². The van der Waals surface area contributed by atoms with Crippen LogP contribution in [-0.4, -0.2) is 96.1 Å². The van der Waals surface area contributed by atoms with Gasteiger partial charge in [0.15, 0.2) is 5.96 Å².